The van der Waals surface area contributed by atoms with Crippen LogP contribution in [0.25, 0.3) is 0 Å². The second-order valence-corrected chi connectivity index (χ2v) is 8.38. The standard InChI is InChI=1S/C25H48O5/c1-4-6-8-9-10-15-20-29-24(26)17-13-11-14-18-25(27)30-22-23(19-21-28-3)16-12-7-5-2/h23H,4-22H2,1-3H3. The van der Waals surface area contributed by atoms with Crippen molar-refractivity contribution in [1.82, 2.24) is 0 Å². The Labute approximate surface area is 185 Å². The molecule has 0 saturated carbocycles. The number of ether oxygens (including phenoxy) is 3. The molecule has 1 atom stereocenters. The molecular formula is C25H48O5. The summed E-state index contributed by atoms with van der Waals surface area (Å²) in [7, 11) is 1.71. The Morgan fingerprint density at radius 1 is 0.633 bits per heavy atom. The van der Waals surface area contributed by atoms with Crippen LogP contribution in [0.3, 0.4) is 0 Å². The predicted molar refractivity (Wildman–Crippen MR) is 123 cm³/mol. The quantitative estimate of drug-likeness (QED) is 0.143. The molecule has 0 saturated heterocycles. The Morgan fingerprint density at radius 2 is 1.20 bits per heavy atom. The average Bonchev–Trinajstić information content (AvgIpc) is 2.74. The zero-order valence-corrected chi connectivity index (χ0v) is 20.1. The Bertz CT molecular complexity index is 397. The molecule has 0 aromatic heterocycles. The summed E-state index contributed by atoms with van der Waals surface area (Å²) in [5.41, 5.74) is 0. The SMILES string of the molecule is CCCCCCCCOC(=O)CCCCCC(=O)OCC(CCCCC)CCOC. The van der Waals surface area contributed by atoms with Crippen LogP contribution in [0.1, 0.15) is 117 Å². The van der Waals surface area contributed by atoms with Gasteiger partial charge in [0.2, 0.25) is 0 Å². The van der Waals surface area contributed by atoms with E-state index in [9.17, 15) is 9.59 Å². The number of unbranched alkanes of at least 4 members (excludes halogenated alkanes) is 9. The summed E-state index contributed by atoms with van der Waals surface area (Å²) in [4.78, 5) is 23.7. The molecule has 0 rings (SSSR count). The van der Waals surface area contributed by atoms with E-state index >= 15 is 0 Å². The third-order valence-corrected chi connectivity index (χ3v) is 5.45. The zero-order chi connectivity index (χ0) is 22.3. The van der Waals surface area contributed by atoms with Gasteiger partial charge in [-0.05, 0) is 38.0 Å². The van der Waals surface area contributed by atoms with Crippen molar-refractivity contribution in [3.8, 4) is 0 Å². The van der Waals surface area contributed by atoms with E-state index in [2.05, 4.69) is 13.8 Å². The van der Waals surface area contributed by atoms with E-state index in [-0.39, 0.29) is 11.9 Å². The lowest BCUT2D eigenvalue weighted by Crippen LogP contribution is -2.16. The van der Waals surface area contributed by atoms with Crippen molar-refractivity contribution in [1.29, 1.82) is 0 Å². The summed E-state index contributed by atoms with van der Waals surface area (Å²) < 4.78 is 15.9. The van der Waals surface area contributed by atoms with E-state index in [4.69, 9.17) is 14.2 Å². The van der Waals surface area contributed by atoms with Crippen molar-refractivity contribution >= 4 is 11.9 Å². The van der Waals surface area contributed by atoms with Gasteiger partial charge in [0.1, 0.15) is 0 Å². The Kier molecular flexibility index (Phi) is 21.8. The molecule has 0 aromatic rings. The molecule has 0 radical (unpaired) electrons. The van der Waals surface area contributed by atoms with Crippen LogP contribution in [0.5, 0.6) is 0 Å². The molecule has 5 heteroatoms. The average molecular weight is 429 g/mol. The van der Waals surface area contributed by atoms with Crippen molar-refractivity contribution in [2.24, 2.45) is 5.92 Å². The van der Waals surface area contributed by atoms with Crippen molar-refractivity contribution in [3.63, 3.8) is 0 Å². The Balaban J connectivity index is 3.64. The van der Waals surface area contributed by atoms with Crippen LogP contribution in [0.15, 0.2) is 0 Å². The summed E-state index contributed by atoms with van der Waals surface area (Å²) >= 11 is 0. The number of hydrogen-bond acceptors (Lipinski definition) is 5. The van der Waals surface area contributed by atoms with Gasteiger partial charge >= 0.3 is 11.9 Å². The minimum Gasteiger partial charge on any atom is -0.466 e. The second kappa shape index (κ2) is 22.6. The number of carbonyl (C=O) groups excluding carboxylic acids is 2. The van der Waals surface area contributed by atoms with Crippen LogP contribution in [-0.4, -0.2) is 38.9 Å². The lowest BCUT2D eigenvalue weighted by Gasteiger charge is -2.16. The molecule has 0 aliphatic carbocycles. The fourth-order valence-electron chi connectivity index (χ4n) is 3.42. The van der Waals surface area contributed by atoms with Gasteiger partial charge in [-0.25, -0.2) is 0 Å². The van der Waals surface area contributed by atoms with Crippen LogP contribution < -0.4 is 0 Å². The highest BCUT2D eigenvalue weighted by molar-refractivity contribution is 5.69. The maximum atomic E-state index is 12.0. The maximum Gasteiger partial charge on any atom is 0.305 e. The van der Waals surface area contributed by atoms with Crippen LogP contribution in [-0.2, 0) is 23.8 Å². The van der Waals surface area contributed by atoms with E-state index in [1.165, 1.54) is 44.9 Å². The summed E-state index contributed by atoms with van der Waals surface area (Å²) in [6.45, 7) is 6.15. The van der Waals surface area contributed by atoms with Gasteiger partial charge in [0.25, 0.3) is 0 Å². The van der Waals surface area contributed by atoms with E-state index in [0.29, 0.717) is 38.6 Å². The van der Waals surface area contributed by atoms with Gasteiger partial charge in [0.15, 0.2) is 0 Å². The van der Waals surface area contributed by atoms with Gasteiger partial charge < -0.3 is 14.2 Å². The summed E-state index contributed by atoms with van der Waals surface area (Å²) in [5, 5.41) is 0. The monoisotopic (exact) mass is 428 g/mol. The highest BCUT2D eigenvalue weighted by Crippen LogP contribution is 2.15. The number of rotatable bonds is 22. The molecule has 5 nitrogen and oxygen atoms in total. The molecule has 0 N–H and O–H groups in total. The summed E-state index contributed by atoms with van der Waals surface area (Å²) in [5.74, 6) is 0.152. The van der Waals surface area contributed by atoms with Gasteiger partial charge in [-0.2, -0.15) is 0 Å². The Hall–Kier alpha value is -1.10. The lowest BCUT2D eigenvalue weighted by molar-refractivity contribution is -0.145. The van der Waals surface area contributed by atoms with Gasteiger partial charge in [0, 0.05) is 26.6 Å². The molecule has 0 bridgehead atoms. The number of methoxy groups -OCH3 is 1. The molecule has 0 heterocycles. The van der Waals surface area contributed by atoms with E-state index in [0.717, 1.165) is 44.9 Å². The first-order valence-corrected chi connectivity index (χ1v) is 12.4. The van der Waals surface area contributed by atoms with Crippen LogP contribution >= 0.6 is 0 Å². The first-order chi connectivity index (χ1) is 14.6. The molecule has 0 aromatic carbocycles. The van der Waals surface area contributed by atoms with Gasteiger partial charge in [0.05, 0.1) is 13.2 Å². The fraction of sp³-hybridized carbons (Fsp3) is 0.920. The minimum atomic E-state index is -0.126. The summed E-state index contributed by atoms with van der Waals surface area (Å²) in [6.07, 6.45) is 16.0. The highest BCUT2D eigenvalue weighted by Gasteiger charge is 2.12. The lowest BCUT2D eigenvalue weighted by atomic mass is 9.99. The molecule has 0 spiro atoms. The summed E-state index contributed by atoms with van der Waals surface area (Å²) in [6, 6.07) is 0. The molecular weight excluding hydrogens is 380 g/mol. The molecule has 30 heavy (non-hydrogen) atoms. The predicted octanol–water partition coefficient (Wildman–Crippen LogP) is 6.62. The number of esters is 2. The van der Waals surface area contributed by atoms with E-state index < -0.39 is 0 Å². The smallest absolute Gasteiger partial charge is 0.305 e. The van der Waals surface area contributed by atoms with Crippen molar-refractivity contribution in [3.05, 3.63) is 0 Å². The van der Waals surface area contributed by atoms with Gasteiger partial charge in [-0.1, -0.05) is 71.6 Å². The minimum absolute atomic E-state index is 0.112. The number of carbonyl (C=O) groups is 2. The maximum absolute atomic E-state index is 12.0. The topological polar surface area (TPSA) is 61.8 Å². The third kappa shape index (κ3) is 20.2. The fourth-order valence-corrected chi connectivity index (χ4v) is 3.42. The highest BCUT2D eigenvalue weighted by atomic mass is 16.5. The third-order valence-electron chi connectivity index (χ3n) is 5.45. The molecule has 0 amide bonds. The van der Waals surface area contributed by atoms with Crippen molar-refractivity contribution in [2.75, 3.05) is 26.9 Å². The Morgan fingerprint density at radius 3 is 1.87 bits per heavy atom. The van der Waals surface area contributed by atoms with Crippen molar-refractivity contribution in [2.45, 2.75) is 117 Å². The zero-order valence-electron chi connectivity index (χ0n) is 20.1. The first kappa shape index (κ1) is 28.9. The van der Waals surface area contributed by atoms with E-state index in [1.807, 2.05) is 0 Å². The normalized spacial score (nSPS) is 12.0. The van der Waals surface area contributed by atoms with Crippen molar-refractivity contribution < 1.29 is 23.8 Å². The molecule has 0 aliphatic rings. The largest absolute Gasteiger partial charge is 0.466 e. The van der Waals surface area contributed by atoms with E-state index in [1.54, 1.807) is 7.11 Å². The van der Waals surface area contributed by atoms with Gasteiger partial charge in [-0.15, -0.1) is 0 Å². The molecule has 0 aliphatic heterocycles. The molecule has 178 valence electrons. The van der Waals surface area contributed by atoms with Crippen LogP contribution in [0.4, 0.5) is 0 Å². The van der Waals surface area contributed by atoms with Crippen LogP contribution in [0.2, 0.25) is 0 Å². The first-order valence-electron chi connectivity index (χ1n) is 12.4. The number of hydrogen-bond donors (Lipinski definition) is 0. The molecule has 0 fully saturated rings. The van der Waals surface area contributed by atoms with Crippen LogP contribution in [0, 0.1) is 5.92 Å². The van der Waals surface area contributed by atoms with Gasteiger partial charge in [-0.3, -0.25) is 9.59 Å². The molecule has 1 unspecified atom stereocenters. The second-order valence-electron chi connectivity index (χ2n) is 8.38.